The minimum absolute atomic E-state index is 0. The molecule has 1 aromatic carbocycles. The van der Waals surface area contributed by atoms with Gasteiger partial charge in [0.1, 0.15) is 0 Å². The minimum Gasteiger partial charge on any atom is -0.356 e. The Kier molecular flexibility index (Phi) is 11.4. The molecule has 1 fully saturated rings. The van der Waals surface area contributed by atoms with Gasteiger partial charge < -0.3 is 16.0 Å². The van der Waals surface area contributed by atoms with Gasteiger partial charge >= 0.3 is 6.18 Å². The van der Waals surface area contributed by atoms with Crippen molar-refractivity contribution in [3.63, 3.8) is 0 Å². The Balaban J connectivity index is 0.00000420. The van der Waals surface area contributed by atoms with Crippen LogP contribution in [0.3, 0.4) is 0 Å². The normalized spacial score (nSPS) is 15.4. The largest absolute Gasteiger partial charge is 0.416 e. The van der Waals surface area contributed by atoms with E-state index in [2.05, 4.69) is 20.9 Å². The molecule has 5 nitrogen and oxygen atoms in total. The van der Waals surface area contributed by atoms with E-state index in [0.717, 1.165) is 43.4 Å². The number of hydrogen-bond acceptors (Lipinski definition) is 2. The van der Waals surface area contributed by atoms with Crippen molar-refractivity contribution in [3.8, 4) is 0 Å². The van der Waals surface area contributed by atoms with Crippen LogP contribution < -0.4 is 16.0 Å². The second-order valence-corrected chi connectivity index (χ2v) is 7.00. The predicted molar refractivity (Wildman–Crippen MR) is 120 cm³/mol. The molecule has 0 aromatic heterocycles. The fourth-order valence-corrected chi connectivity index (χ4v) is 3.28. The van der Waals surface area contributed by atoms with Crippen LogP contribution in [0.1, 0.15) is 43.2 Å². The quantitative estimate of drug-likeness (QED) is 0.220. The zero-order chi connectivity index (χ0) is 20.4. The maximum atomic E-state index is 12.6. The van der Waals surface area contributed by atoms with Gasteiger partial charge in [-0.2, -0.15) is 13.2 Å². The molecule has 3 N–H and O–H groups in total. The summed E-state index contributed by atoms with van der Waals surface area (Å²) in [4.78, 5) is 16.2. The summed E-state index contributed by atoms with van der Waals surface area (Å²) in [5.41, 5.74) is 0.174. The molecule has 0 unspecified atom stereocenters. The van der Waals surface area contributed by atoms with Gasteiger partial charge in [0, 0.05) is 32.6 Å². The molecule has 9 heteroatoms. The number of alkyl halides is 3. The summed E-state index contributed by atoms with van der Waals surface area (Å²) in [6.07, 6.45) is 1.71. The van der Waals surface area contributed by atoms with Gasteiger partial charge in [-0.25, -0.2) is 0 Å². The summed E-state index contributed by atoms with van der Waals surface area (Å²) in [5.74, 6) is 0.875. The minimum atomic E-state index is -4.31. The topological polar surface area (TPSA) is 65.5 Å². The first-order valence-electron chi connectivity index (χ1n) is 9.78. The Hall–Kier alpha value is -1.52. The lowest BCUT2D eigenvalue weighted by atomic mass is 9.89. The third kappa shape index (κ3) is 9.22. The lowest BCUT2D eigenvalue weighted by molar-refractivity contribution is -0.137. The molecule has 1 saturated carbocycles. The lowest BCUT2D eigenvalue weighted by Gasteiger charge is -2.21. The highest BCUT2D eigenvalue weighted by molar-refractivity contribution is 14.0. The molecule has 0 spiro atoms. The number of benzene rings is 1. The van der Waals surface area contributed by atoms with Crippen molar-refractivity contribution >= 4 is 35.8 Å². The molecular weight excluding hydrogens is 496 g/mol. The molecule has 1 aromatic rings. The van der Waals surface area contributed by atoms with E-state index >= 15 is 0 Å². The van der Waals surface area contributed by atoms with Crippen molar-refractivity contribution in [2.24, 2.45) is 10.9 Å². The zero-order valence-electron chi connectivity index (χ0n) is 16.6. The summed E-state index contributed by atoms with van der Waals surface area (Å²) < 4.78 is 37.7. The van der Waals surface area contributed by atoms with Gasteiger partial charge in [-0.05, 0) is 37.0 Å². The number of guanidine groups is 1. The van der Waals surface area contributed by atoms with Crippen LogP contribution in [0.25, 0.3) is 0 Å². The highest BCUT2D eigenvalue weighted by Crippen LogP contribution is 2.29. The molecule has 0 aliphatic heterocycles. The Morgan fingerprint density at radius 3 is 2.17 bits per heavy atom. The molecule has 29 heavy (non-hydrogen) atoms. The molecule has 0 saturated heterocycles. The number of carbonyl (C=O) groups excluding carboxylic acids is 1. The van der Waals surface area contributed by atoms with Gasteiger partial charge in [-0.1, -0.05) is 31.4 Å². The summed E-state index contributed by atoms with van der Waals surface area (Å²) in [7, 11) is 1.65. The molecule has 0 radical (unpaired) electrons. The fraction of sp³-hybridized carbons (Fsp3) is 0.600. The van der Waals surface area contributed by atoms with Gasteiger partial charge in [-0.15, -0.1) is 24.0 Å². The first-order chi connectivity index (χ1) is 13.4. The monoisotopic (exact) mass is 526 g/mol. The Morgan fingerprint density at radius 2 is 1.59 bits per heavy atom. The third-order valence-electron chi connectivity index (χ3n) is 4.90. The smallest absolute Gasteiger partial charge is 0.356 e. The van der Waals surface area contributed by atoms with E-state index in [-0.39, 0.29) is 35.8 Å². The summed E-state index contributed by atoms with van der Waals surface area (Å²) in [6, 6.07) is 5.16. The van der Waals surface area contributed by atoms with Gasteiger partial charge in [0.05, 0.1) is 5.56 Å². The number of rotatable bonds is 7. The number of carbonyl (C=O) groups is 1. The van der Waals surface area contributed by atoms with E-state index < -0.39 is 11.7 Å². The highest BCUT2D eigenvalue weighted by Gasteiger charge is 2.29. The van der Waals surface area contributed by atoms with Crippen molar-refractivity contribution < 1.29 is 18.0 Å². The SMILES string of the molecule is CN=C(NCCNC(=O)C1CCCCC1)NCCc1ccc(C(F)(F)F)cc1.I. The van der Waals surface area contributed by atoms with Crippen LogP contribution in [0.4, 0.5) is 13.2 Å². The molecule has 0 bridgehead atoms. The Bertz CT molecular complexity index is 644. The third-order valence-corrected chi connectivity index (χ3v) is 4.90. The molecule has 2 rings (SSSR count). The Labute approximate surface area is 187 Å². The van der Waals surface area contributed by atoms with E-state index in [9.17, 15) is 18.0 Å². The number of aliphatic imine (C=N–C) groups is 1. The van der Waals surface area contributed by atoms with E-state index in [4.69, 9.17) is 0 Å². The molecule has 164 valence electrons. The van der Waals surface area contributed by atoms with Crippen LogP contribution in [0, 0.1) is 5.92 Å². The maximum absolute atomic E-state index is 12.6. The van der Waals surface area contributed by atoms with Gasteiger partial charge in [0.15, 0.2) is 5.96 Å². The zero-order valence-corrected chi connectivity index (χ0v) is 19.0. The first kappa shape index (κ1) is 25.5. The average Bonchev–Trinajstić information content (AvgIpc) is 2.70. The number of nitrogens with one attached hydrogen (secondary N) is 3. The average molecular weight is 526 g/mol. The molecular formula is C20H30F3IN4O. The summed E-state index contributed by atoms with van der Waals surface area (Å²) >= 11 is 0. The van der Waals surface area contributed by atoms with Crippen LogP contribution in [-0.2, 0) is 17.4 Å². The summed E-state index contributed by atoms with van der Waals surface area (Å²) in [6.45, 7) is 1.62. The van der Waals surface area contributed by atoms with Crippen LogP contribution in [-0.4, -0.2) is 38.5 Å². The molecule has 0 atom stereocenters. The van der Waals surface area contributed by atoms with Gasteiger partial charge in [-0.3, -0.25) is 9.79 Å². The van der Waals surface area contributed by atoms with Crippen LogP contribution in [0.15, 0.2) is 29.3 Å². The standard InChI is InChI=1S/C20H29F3N4O.HI/c1-24-19(27-14-13-25-18(28)16-5-3-2-4-6-16)26-12-11-15-7-9-17(10-8-15)20(21,22)23;/h7-10,16H,2-6,11-14H2,1H3,(H,25,28)(H2,24,26,27);1H. The van der Waals surface area contributed by atoms with Crippen molar-refractivity contribution in [1.82, 2.24) is 16.0 Å². The summed E-state index contributed by atoms with van der Waals surface area (Å²) in [5, 5.41) is 9.19. The number of halogens is 4. The Morgan fingerprint density at radius 1 is 1.00 bits per heavy atom. The van der Waals surface area contributed by atoms with Crippen molar-refractivity contribution in [2.75, 3.05) is 26.7 Å². The first-order valence-corrected chi connectivity index (χ1v) is 9.78. The molecule has 1 aliphatic carbocycles. The van der Waals surface area contributed by atoms with Crippen LogP contribution in [0.5, 0.6) is 0 Å². The van der Waals surface area contributed by atoms with E-state index in [1.54, 1.807) is 7.05 Å². The maximum Gasteiger partial charge on any atom is 0.416 e. The van der Waals surface area contributed by atoms with Crippen molar-refractivity contribution in [1.29, 1.82) is 0 Å². The van der Waals surface area contributed by atoms with Gasteiger partial charge in [0.2, 0.25) is 5.91 Å². The van der Waals surface area contributed by atoms with Crippen LogP contribution in [0.2, 0.25) is 0 Å². The van der Waals surface area contributed by atoms with E-state index in [1.807, 2.05) is 0 Å². The van der Waals surface area contributed by atoms with E-state index in [1.165, 1.54) is 18.6 Å². The number of nitrogens with zero attached hydrogens (tertiary/aromatic N) is 1. The highest BCUT2D eigenvalue weighted by atomic mass is 127. The molecule has 1 aliphatic rings. The molecule has 0 heterocycles. The van der Waals surface area contributed by atoms with Crippen LogP contribution >= 0.6 is 24.0 Å². The number of hydrogen-bond donors (Lipinski definition) is 3. The second kappa shape index (κ2) is 12.9. The second-order valence-electron chi connectivity index (χ2n) is 7.00. The van der Waals surface area contributed by atoms with Crippen molar-refractivity contribution in [2.45, 2.75) is 44.7 Å². The predicted octanol–water partition coefficient (Wildman–Crippen LogP) is 3.73. The van der Waals surface area contributed by atoms with Gasteiger partial charge in [0.25, 0.3) is 0 Å². The van der Waals surface area contributed by atoms with E-state index in [0.29, 0.717) is 32.0 Å². The van der Waals surface area contributed by atoms with Crippen molar-refractivity contribution in [3.05, 3.63) is 35.4 Å². The fourth-order valence-electron chi connectivity index (χ4n) is 3.28. The molecule has 1 amide bonds. The lowest BCUT2D eigenvalue weighted by Crippen LogP contribution is -2.43. The number of amides is 1.